The summed E-state index contributed by atoms with van der Waals surface area (Å²) in [5.74, 6) is 0.709. The number of ether oxygens (including phenoxy) is 2. The number of nitrogens with one attached hydrogen (secondary N) is 2. The van der Waals surface area contributed by atoms with E-state index < -0.39 is 11.7 Å². The van der Waals surface area contributed by atoms with Crippen molar-refractivity contribution in [2.75, 3.05) is 13.7 Å². The number of thiophene rings is 1. The topological polar surface area (TPSA) is 101 Å². The molecule has 7 nitrogen and oxygen atoms in total. The van der Waals surface area contributed by atoms with Crippen molar-refractivity contribution in [1.82, 2.24) is 10.3 Å². The second-order valence-electron chi connectivity index (χ2n) is 8.82. The van der Waals surface area contributed by atoms with Crippen LogP contribution in [0.1, 0.15) is 26.3 Å². The third kappa shape index (κ3) is 4.76. The predicted molar refractivity (Wildman–Crippen MR) is 139 cm³/mol. The lowest BCUT2D eigenvalue weighted by atomic mass is 9.95. The number of halogens is 1. The Balaban J connectivity index is 1.74. The van der Waals surface area contributed by atoms with Crippen LogP contribution in [0.4, 0.5) is 4.79 Å². The number of H-pyrrole nitrogens is 1. The molecule has 0 saturated carbocycles. The number of aromatic hydroxyl groups is 1. The van der Waals surface area contributed by atoms with Gasteiger partial charge in [0.15, 0.2) is 0 Å². The lowest BCUT2D eigenvalue weighted by molar-refractivity contribution is 0.0528. The number of methoxy groups -OCH3 is 1. The molecule has 178 valence electrons. The van der Waals surface area contributed by atoms with Crippen LogP contribution >= 0.6 is 27.3 Å². The first-order valence-corrected chi connectivity index (χ1v) is 12.3. The van der Waals surface area contributed by atoms with Gasteiger partial charge in [0.2, 0.25) is 0 Å². The summed E-state index contributed by atoms with van der Waals surface area (Å²) in [6, 6.07) is 9.04. The van der Waals surface area contributed by atoms with Gasteiger partial charge in [0.25, 0.3) is 5.56 Å². The molecule has 3 N–H and O–H groups in total. The lowest BCUT2D eigenvalue weighted by Crippen LogP contribution is -2.33. The summed E-state index contributed by atoms with van der Waals surface area (Å²) in [7, 11) is 1.59. The smallest absolute Gasteiger partial charge is 0.407 e. The van der Waals surface area contributed by atoms with E-state index >= 15 is 0 Å². The SMILES string of the molecule is COc1ccc2[nH]c(=O)c3sccc3c2c1-c1cc(O)c(CCNC(=O)OC(C)(C)C)cc1Br. The van der Waals surface area contributed by atoms with Gasteiger partial charge in [0, 0.05) is 38.4 Å². The first-order chi connectivity index (χ1) is 16.1. The summed E-state index contributed by atoms with van der Waals surface area (Å²) in [5, 5.41) is 17.1. The van der Waals surface area contributed by atoms with E-state index in [-0.39, 0.29) is 11.3 Å². The molecule has 0 fully saturated rings. The molecule has 0 saturated heterocycles. The highest BCUT2D eigenvalue weighted by Crippen LogP contribution is 2.44. The van der Waals surface area contributed by atoms with E-state index in [1.807, 2.05) is 23.6 Å². The zero-order chi connectivity index (χ0) is 24.6. The molecule has 0 aliphatic heterocycles. The Morgan fingerprint density at radius 2 is 2.00 bits per heavy atom. The molecule has 0 spiro atoms. The summed E-state index contributed by atoms with van der Waals surface area (Å²) in [4.78, 5) is 27.3. The normalized spacial score (nSPS) is 11.7. The Morgan fingerprint density at radius 3 is 2.71 bits per heavy atom. The first-order valence-electron chi connectivity index (χ1n) is 10.7. The zero-order valence-corrected chi connectivity index (χ0v) is 21.6. The van der Waals surface area contributed by atoms with Crippen LogP contribution in [0, 0.1) is 0 Å². The van der Waals surface area contributed by atoms with Gasteiger partial charge < -0.3 is 24.9 Å². The number of phenols is 1. The van der Waals surface area contributed by atoms with Crippen molar-refractivity contribution < 1.29 is 19.4 Å². The Hall–Kier alpha value is -3.04. The van der Waals surface area contributed by atoms with Crippen LogP contribution in [0.2, 0.25) is 0 Å². The average Bonchev–Trinajstić information content (AvgIpc) is 3.25. The van der Waals surface area contributed by atoms with Crippen LogP contribution < -0.4 is 15.6 Å². The quantitative estimate of drug-likeness (QED) is 0.288. The number of aromatic nitrogens is 1. The van der Waals surface area contributed by atoms with Gasteiger partial charge in [-0.05, 0) is 68.5 Å². The summed E-state index contributed by atoms with van der Waals surface area (Å²) < 4.78 is 12.3. The average molecular weight is 545 g/mol. The third-order valence-electron chi connectivity index (χ3n) is 5.28. The maximum atomic E-state index is 12.5. The molecule has 4 aromatic rings. The monoisotopic (exact) mass is 544 g/mol. The highest BCUT2D eigenvalue weighted by atomic mass is 79.9. The van der Waals surface area contributed by atoms with Gasteiger partial charge in [0.1, 0.15) is 21.8 Å². The first kappa shape index (κ1) is 24.1. The van der Waals surface area contributed by atoms with Gasteiger partial charge in [-0.3, -0.25) is 4.79 Å². The molecule has 9 heteroatoms. The number of carbonyl (C=O) groups is 1. The van der Waals surface area contributed by atoms with Crippen LogP contribution in [0.25, 0.3) is 32.1 Å². The van der Waals surface area contributed by atoms with Crippen molar-refractivity contribution in [2.24, 2.45) is 0 Å². The number of aromatic amines is 1. The van der Waals surface area contributed by atoms with Crippen molar-refractivity contribution in [1.29, 1.82) is 0 Å². The van der Waals surface area contributed by atoms with Crippen molar-refractivity contribution in [3.8, 4) is 22.6 Å². The molecule has 0 aliphatic carbocycles. The number of carbonyl (C=O) groups excluding carboxylic acids is 1. The Labute approximate surface area is 208 Å². The van der Waals surface area contributed by atoms with Gasteiger partial charge in [-0.15, -0.1) is 11.3 Å². The lowest BCUT2D eigenvalue weighted by Gasteiger charge is -2.20. The molecule has 0 bridgehead atoms. The van der Waals surface area contributed by atoms with E-state index in [1.165, 1.54) is 11.3 Å². The van der Waals surface area contributed by atoms with E-state index in [0.717, 1.165) is 26.4 Å². The number of phenolic OH excluding ortho intramolecular Hbond substituents is 1. The minimum atomic E-state index is -0.577. The van der Waals surface area contributed by atoms with Crippen molar-refractivity contribution in [2.45, 2.75) is 32.8 Å². The second-order valence-corrected chi connectivity index (χ2v) is 10.6. The fourth-order valence-corrected chi connectivity index (χ4v) is 5.26. The number of fused-ring (bicyclic) bond motifs is 3. The van der Waals surface area contributed by atoms with Gasteiger partial charge in [-0.25, -0.2) is 4.79 Å². The van der Waals surface area contributed by atoms with Crippen LogP contribution in [-0.2, 0) is 11.2 Å². The zero-order valence-electron chi connectivity index (χ0n) is 19.2. The molecular weight excluding hydrogens is 520 g/mol. The fraction of sp³-hybridized carbons (Fsp3) is 0.280. The number of hydrogen-bond acceptors (Lipinski definition) is 6. The Morgan fingerprint density at radius 1 is 1.24 bits per heavy atom. The van der Waals surface area contributed by atoms with Gasteiger partial charge in [-0.2, -0.15) is 0 Å². The predicted octanol–water partition coefficient (Wildman–Crippen LogP) is 5.95. The molecule has 2 aromatic heterocycles. The molecule has 4 rings (SSSR count). The van der Waals surface area contributed by atoms with E-state index in [0.29, 0.717) is 34.5 Å². The van der Waals surface area contributed by atoms with Crippen LogP contribution in [0.15, 0.2) is 45.0 Å². The standard InChI is InChI=1S/C25H25BrN2O5S/c1-25(2,3)33-24(31)27-9-7-13-11-16(26)15(12-18(13)29)21-19(32-4)6-5-17-20(21)14-8-10-34-22(14)23(30)28-17/h5-6,8,10-12,29H,7,9H2,1-4H3,(H,27,31)(H,28,30). The van der Waals surface area contributed by atoms with Crippen molar-refractivity contribution in [3.63, 3.8) is 0 Å². The highest BCUT2D eigenvalue weighted by Gasteiger charge is 2.20. The van der Waals surface area contributed by atoms with Crippen molar-refractivity contribution in [3.05, 3.63) is 56.1 Å². The molecular formula is C25H25BrN2O5S. The van der Waals surface area contributed by atoms with Crippen molar-refractivity contribution >= 4 is 54.3 Å². The van der Waals surface area contributed by atoms with E-state index in [9.17, 15) is 14.7 Å². The maximum Gasteiger partial charge on any atom is 0.407 e. The van der Waals surface area contributed by atoms with Gasteiger partial charge in [0.05, 0.1) is 7.11 Å². The second kappa shape index (κ2) is 9.31. The molecule has 1 amide bonds. The minimum absolute atomic E-state index is 0.0919. The van der Waals surface area contributed by atoms with Gasteiger partial charge >= 0.3 is 6.09 Å². The summed E-state index contributed by atoms with van der Waals surface area (Å²) >= 11 is 5.03. The van der Waals surface area contributed by atoms with E-state index in [4.69, 9.17) is 9.47 Å². The highest BCUT2D eigenvalue weighted by molar-refractivity contribution is 9.10. The number of alkyl carbamates (subject to hydrolysis) is 1. The van der Waals surface area contributed by atoms with Crippen LogP contribution in [0.5, 0.6) is 11.5 Å². The summed E-state index contributed by atoms with van der Waals surface area (Å²) in [6.45, 7) is 5.71. The van der Waals surface area contributed by atoms with E-state index in [2.05, 4.69) is 26.2 Å². The van der Waals surface area contributed by atoms with Crippen LogP contribution in [-0.4, -0.2) is 35.4 Å². The third-order valence-corrected chi connectivity index (χ3v) is 6.85. The largest absolute Gasteiger partial charge is 0.508 e. The number of benzene rings is 2. The molecule has 2 aromatic carbocycles. The number of amides is 1. The molecule has 2 heterocycles. The Bertz CT molecular complexity index is 1450. The summed E-state index contributed by atoms with van der Waals surface area (Å²) in [5.41, 5.74) is 2.13. The maximum absolute atomic E-state index is 12.5. The number of hydrogen-bond donors (Lipinski definition) is 3. The minimum Gasteiger partial charge on any atom is -0.508 e. The number of rotatable bonds is 5. The molecule has 0 radical (unpaired) electrons. The van der Waals surface area contributed by atoms with Gasteiger partial charge in [-0.1, -0.05) is 15.9 Å². The van der Waals surface area contributed by atoms with Crippen LogP contribution in [0.3, 0.4) is 0 Å². The van der Waals surface area contributed by atoms with E-state index in [1.54, 1.807) is 40.0 Å². The molecule has 34 heavy (non-hydrogen) atoms. The Kier molecular flexibility index (Phi) is 6.60. The summed E-state index contributed by atoms with van der Waals surface area (Å²) in [6.07, 6.45) is -0.0874. The molecule has 0 unspecified atom stereocenters. The molecule has 0 atom stereocenters. The fourth-order valence-electron chi connectivity index (χ4n) is 3.87. The molecule has 0 aliphatic rings. The number of pyridine rings is 1.